The molecule has 70 heavy (non-hydrogen) atoms. The van der Waals surface area contributed by atoms with E-state index in [1.807, 2.05) is 34.7 Å². The molecule has 0 unspecified atom stereocenters. The summed E-state index contributed by atoms with van der Waals surface area (Å²) in [5, 5.41) is 15.6. The van der Waals surface area contributed by atoms with Crippen LogP contribution in [0.3, 0.4) is 0 Å². The Labute approximate surface area is 419 Å². The van der Waals surface area contributed by atoms with Crippen LogP contribution in [0.1, 0.15) is 162 Å². The number of esters is 3. The molecule has 0 aromatic carbocycles. The van der Waals surface area contributed by atoms with Crippen LogP contribution in [0.5, 0.6) is 0 Å². The van der Waals surface area contributed by atoms with Crippen molar-refractivity contribution >= 4 is 29.6 Å². The summed E-state index contributed by atoms with van der Waals surface area (Å²) in [5.74, 6) is -1.24. The Kier molecular flexibility index (Phi) is 23.0. The number of carbonyl (C=O) groups excluding carboxylic acids is 4. The van der Waals surface area contributed by atoms with Crippen LogP contribution in [0.2, 0.25) is 0 Å². The number of likely N-dealkylation sites (N-methyl/N-ethyl adjacent to an activating group) is 1. The van der Waals surface area contributed by atoms with Gasteiger partial charge in [-0.25, -0.2) is 4.79 Å². The second-order valence-corrected chi connectivity index (χ2v) is 21.9. The molecule has 3 aliphatic rings. The van der Waals surface area contributed by atoms with Crippen LogP contribution in [0.4, 0.5) is 0 Å². The van der Waals surface area contributed by atoms with E-state index < -0.39 is 102 Å². The molecule has 1 saturated carbocycles. The molecule has 0 bridgehead atoms. The first-order chi connectivity index (χ1) is 32.5. The largest absolute Gasteiger partial charge is 0.459 e. The smallest absolute Gasteiger partial charge is 0.331 e. The average Bonchev–Trinajstić information content (AvgIpc) is 3.28. The Morgan fingerprint density at radius 2 is 1.63 bits per heavy atom. The summed E-state index contributed by atoms with van der Waals surface area (Å²) >= 11 is 0. The topological polar surface area (TPSA) is 187 Å². The van der Waals surface area contributed by atoms with E-state index in [9.17, 15) is 24.3 Å². The van der Waals surface area contributed by atoms with Crippen molar-refractivity contribution in [2.45, 2.75) is 234 Å². The van der Waals surface area contributed by atoms with Gasteiger partial charge in [-0.05, 0) is 111 Å². The maximum absolute atomic E-state index is 14.7. The Bertz CT molecular complexity index is 1830. The summed E-state index contributed by atoms with van der Waals surface area (Å²) in [4.78, 5) is 59.8. The number of carbonyl (C=O) groups is 4. The van der Waals surface area contributed by atoms with Crippen LogP contribution in [-0.4, -0.2) is 133 Å². The number of nitrogens with zero attached hydrogens (tertiary/aromatic N) is 2. The molecule has 1 aliphatic carbocycles. The summed E-state index contributed by atoms with van der Waals surface area (Å²) in [6.45, 7) is 31.9. The first-order valence-electron chi connectivity index (χ1n) is 25.5. The van der Waals surface area contributed by atoms with E-state index in [0.717, 1.165) is 24.1 Å². The third-order valence-corrected chi connectivity index (χ3v) is 15.2. The molecule has 16 nitrogen and oxygen atoms in total. The van der Waals surface area contributed by atoms with Crippen LogP contribution < -0.4 is 0 Å². The molecule has 0 aromatic rings. The molecular formula is C54H90N2O14. The SMILES string of the molecule is C#CCCN(C)[C@H]1C[C@@H](C)O[C@@H](O[C@H]([C@@H](C)[C@H](O[C@H]2C[C@@](C)(OC)[C@@H](OC(C)=O)[C@H](C)O2)[C@@H](C)C(=O)O[C@H](CC)C(C)(C)O)[C@]2(C)CCC(=C)CC[C@@H](C)[C@@H](C)/C(=N/OC(C)=O)[C@H](C)C2)[C@@H]1OC(C)=O. The van der Waals surface area contributed by atoms with Gasteiger partial charge in [-0.3, -0.25) is 19.3 Å². The first-order valence-corrected chi connectivity index (χ1v) is 25.5. The molecule has 400 valence electrons. The van der Waals surface area contributed by atoms with Gasteiger partial charge in [0.15, 0.2) is 24.8 Å². The van der Waals surface area contributed by atoms with E-state index in [2.05, 4.69) is 50.2 Å². The fraction of sp³-hybridized carbons (Fsp3) is 0.833. The zero-order valence-electron chi connectivity index (χ0n) is 45.7. The van der Waals surface area contributed by atoms with E-state index in [1.54, 1.807) is 27.7 Å². The number of rotatable bonds is 19. The predicted molar refractivity (Wildman–Crippen MR) is 266 cm³/mol. The number of methoxy groups -OCH3 is 1. The molecule has 3 rings (SSSR count). The van der Waals surface area contributed by atoms with E-state index in [-0.39, 0.29) is 36.3 Å². The van der Waals surface area contributed by atoms with Crippen molar-refractivity contribution in [3.05, 3.63) is 12.2 Å². The van der Waals surface area contributed by atoms with Gasteiger partial charge >= 0.3 is 23.9 Å². The summed E-state index contributed by atoms with van der Waals surface area (Å²) in [6.07, 6.45) is 3.00. The summed E-state index contributed by atoms with van der Waals surface area (Å²) in [7, 11) is 3.48. The minimum atomic E-state index is -1.35. The highest BCUT2D eigenvalue weighted by Crippen LogP contribution is 2.47. The fourth-order valence-corrected chi connectivity index (χ4v) is 11.0. The average molecular weight is 991 g/mol. The number of terminal acetylenes is 1. The lowest BCUT2D eigenvalue weighted by Gasteiger charge is -2.51. The summed E-state index contributed by atoms with van der Waals surface area (Å²) in [5.41, 5.74) is -1.42. The molecule has 0 aromatic heterocycles. The lowest BCUT2D eigenvalue weighted by molar-refractivity contribution is -0.316. The van der Waals surface area contributed by atoms with Crippen molar-refractivity contribution in [2.75, 3.05) is 20.7 Å². The maximum Gasteiger partial charge on any atom is 0.331 e. The minimum Gasteiger partial charge on any atom is -0.459 e. The molecule has 0 radical (unpaired) electrons. The number of hydrogen-bond acceptors (Lipinski definition) is 16. The van der Waals surface area contributed by atoms with Crippen LogP contribution in [-0.2, 0) is 61.9 Å². The van der Waals surface area contributed by atoms with Gasteiger partial charge in [0.1, 0.15) is 11.7 Å². The van der Waals surface area contributed by atoms with Crippen LogP contribution >= 0.6 is 0 Å². The normalized spacial score (nSPS) is 34.2. The quantitative estimate of drug-likeness (QED) is 0.0325. The number of hydrogen-bond donors (Lipinski definition) is 1. The number of allylic oxidation sites excluding steroid dienone is 1. The molecule has 2 heterocycles. The van der Waals surface area contributed by atoms with Gasteiger partial charge < -0.3 is 47.8 Å². The maximum atomic E-state index is 14.7. The Hall–Kier alpha value is -3.43. The van der Waals surface area contributed by atoms with Crippen molar-refractivity contribution in [1.82, 2.24) is 4.90 Å². The highest BCUT2D eigenvalue weighted by Gasteiger charge is 2.54. The van der Waals surface area contributed by atoms with Crippen LogP contribution in [0.15, 0.2) is 17.3 Å². The van der Waals surface area contributed by atoms with Gasteiger partial charge in [0.2, 0.25) is 0 Å². The lowest BCUT2D eigenvalue weighted by atomic mass is 9.66. The molecule has 0 amide bonds. The highest BCUT2D eigenvalue weighted by atomic mass is 16.7. The van der Waals surface area contributed by atoms with Crippen LogP contribution in [0.25, 0.3) is 0 Å². The molecule has 3 fully saturated rings. The zero-order chi connectivity index (χ0) is 53.1. The third-order valence-electron chi connectivity index (χ3n) is 15.2. The van der Waals surface area contributed by atoms with Gasteiger partial charge in [-0.1, -0.05) is 58.9 Å². The minimum absolute atomic E-state index is 0.0685. The van der Waals surface area contributed by atoms with Gasteiger partial charge in [-0.15, -0.1) is 12.3 Å². The lowest BCUT2D eigenvalue weighted by Crippen LogP contribution is -2.60. The zero-order valence-corrected chi connectivity index (χ0v) is 45.7. The van der Waals surface area contributed by atoms with Gasteiger partial charge in [0, 0.05) is 59.1 Å². The van der Waals surface area contributed by atoms with E-state index in [0.29, 0.717) is 45.1 Å². The van der Waals surface area contributed by atoms with Gasteiger partial charge in [0.25, 0.3) is 0 Å². The predicted octanol–water partition coefficient (Wildman–Crippen LogP) is 8.34. The monoisotopic (exact) mass is 991 g/mol. The summed E-state index contributed by atoms with van der Waals surface area (Å²) in [6, 6.07) is -0.339. The Morgan fingerprint density at radius 3 is 2.19 bits per heavy atom. The molecule has 2 aliphatic heterocycles. The van der Waals surface area contributed by atoms with Crippen molar-refractivity contribution in [3.63, 3.8) is 0 Å². The van der Waals surface area contributed by atoms with E-state index in [4.69, 9.17) is 49.2 Å². The molecule has 0 spiro atoms. The molecular weight excluding hydrogens is 901 g/mol. The second kappa shape index (κ2) is 26.5. The second-order valence-electron chi connectivity index (χ2n) is 21.9. The molecule has 1 N–H and O–H groups in total. The third kappa shape index (κ3) is 16.5. The first kappa shape index (κ1) is 60.9. The van der Waals surface area contributed by atoms with Crippen molar-refractivity contribution < 1.29 is 67.0 Å². The van der Waals surface area contributed by atoms with Crippen LogP contribution in [0, 0.1) is 47.3 Å². The Morgan fingerprint density at radius 1 is 0.986 bits per heavy atom. The Balaban J connectivity index is 2.40. The van der Waals surface area contributed by atoms with E-state index in [1.165, 1.54) is 27.9 Å². The fourth-order valence-electron chi connectivity index (χ4n) is 11.0. The van der Waals surface area contributed by atoms with Crippen molar-refractivity contribution in [2.24, 2.45) is 40.2 Å². The molecule has 16 heteroatoms. The van der Waals surface area contributed by atoms with Crippen molar-refractivity contribution in [3.8, 4) is 12.3 Å². The highest BCUT2D eigenvalue weighted by molar-refractivity contribution is 5.89. The number of ether oxygens (including phenoxy) is 8. The van der Waals surface area contributed by atoms with Gasteiger partial charge in [0.05, 0.1) is 47.7 Å². The number of oxime groups is 1. The standard InChI is InChI=1S/C54H90N2O14/c1-20-22-27-56(18)42-28-34(6)63-51(47(42)65-39(11)57)69-48(53(16)26-25-31(3)23-24-32(4)35(7)45(33(5)29-53)55-70-41(13)59)36(8)46(37(9)50(60)67-43(21-2)52(14,15)61)68-44-30-54(17,62-19)49(38(10)64-44)66-40(12)58/h1,32-38,42-44,46-49,51,61H,3,21-30H2,2,4-19H3/b55-45+/t32-,33-,34-,35-,36+,37-,38+,42+,43-,44+,46+,47-,48-,49+,51+,53-,54-/m1/s1. The van der Waals surface area contributed by atoms with E-state index >= 15 is 0 Å². The summed E-state index contributed by atoms with van der Waals surface area (Å²) < 4.78 is 52.0. The molecule has 17 atom stereocenters. The molecule has 2 saturated heterocycles. The number of aliphatic hydroxyl groups is 1. The van der Waals surface area contributed by atoms with Crippen molar-refractivity contribution in [1.29, 1.82) is 0 Å². The van der Waals surface area contributed by atoms with Gasteiger partial charge in [-0.2, -0.15) is 0 Å².